The van der Waals surface area contributed by atoms with Gasteiger partial charge in [-0.05, 0) is 32.3 Å². The predicted octanol–water partition coefficient (Wildman–Crippen LogP) is 1.75. The van der Waals surface area contributed by atoms with Crippen molar-refractivity contribution in [1.82, 2.24) is 15.2 Å². The van der Waals surface area contributed by atoms with Gasteiger partial charge in [-0.15, -0.1) is 0 Å². The average molecular weight is 264 g/mol. The van der Waals surface area contributed by atoms with E-state index in [0.717, 1.165) is 17.0 Å². The topological polar surface area (TPSA) is 55.9 Å². The molecular formula is C11H19F3N4. The molecule has 1 heterocycles. The number of rotatable bonds is 5. The van der Waals surface area contributed by atoms with Crippen molar-refractivity contribution in [1.29, 1.82) is 0 Å². The summed E-state index contributed by atoms with van der Waals surface area (Å²) >= 11 is 0. The van der Waals surface area contributed by atoms with E-state index in [1.165, 1.54) is 0 Å². The van der Waals surface area contributed by atoms with E-state index >= 15 is 0 Å². The average Bonchev–Trinajstić information content (AvgIpc) is 2.48. The number of hydrogen-bond donors (Lipinski definition) is 2. The molecule has 1 atom stereocenters. The number of alkyl halides is 3. The highest BCUT2D eigenvalue weighted by Gasteiger charge is 2.28. The predicted molar refractivity (Wildman–Crippen MR) is 62.8 cm³/mol. The first-order valence-corrected chi connectivity index (χ1v) is 5.76. The molecule has 0 aromatic carbocycles. The van der Waals surface area contributed by atoms with Gasteiger partial charge in [0.05, 0.1) is 5.69 Å². The molecule has 0 aliphatic rings. The van der Waals surface area contributed by atoms with E-state index < -0.39 is 18.6 Å². The quantitative estimate of drug-likeness (QED) is 0.629. The number of aryl methyl sites for hydroxylation is 2. The summed E-state index contributed by atoms with van der Waals surface area (Å²) in [5, 5.41) is 4.23. The van der Waals surface area contributed by atoms with Crippen molar-refractivity contribution in [2.45, 2.75) is 45.3 Å². The lowest BCUT2D eigenvalue weighted by molar-refractivity contribution is -0.136. The molecule has 0 aliphatic carbocycles. The van der Waals surface area contributed by atoms with Crippen LogP contribution in [-0.4, -0.2) is 22.0 Å². The molecule has 1 unspecified atom stereocenters. The lowest BCUT2D eigenvalue weighted by Gasteiger charge is -2.17. The van der Waals surface area contributed by atoms with Crippen molar-refractivity contribution >= 4 is 0 Å². The first-order chi connectivity index (χ1) is 8.24. The van der Waals surface area contributed by atoms with Gasteiger partial charge < -0.3 is 0 Å². The third-order valence-electron chi connectivity index (χ3n) is 3.12. The van der Waals surface area contributed by atoms with Crippen LogP contribution < -0.4 is 11.3 Å². The highest BCUT2D eigenvalue weighted by Crippen LogP contribution is 2.24. The number of hydrogen-bond acceptors (Lipinski definition) is 3. The number of aromatic nitrogens is 2. The molecule has 0 saturated carbocycles. The Kier molecular flexibility index (Phi) is 4.75. The molecule has 1 aromatic rings. The summed E-state index contributed by atoms with van der Waals surface area (Å²) in [6, 6.07) is -0.395. The Morgan fingerprint density at radius 3 is 2.39 bits per heavy atom. The number of halogens is 3. The zero-order valence-electron chi connectivity index (χ0n) is 10.8. The third kappa shape index (κ3) is 3.99. The fraction of sp³-hybridized carbons (Fsp3) is 0.727. The van der Waals surface area contributed by atoms with Gasteiger partial charge in [0, 0.05) is 25.2 Å². The van der Waals surface area contributed by atoms with Crippen molar-refractivity contribution < 1.29 is 13.2 Å². The Morgan fingerprint density at radius 2 is 2.00 bits per heavy atom. The number of nitrogens with zero attached hydrogens (tertiary/aromatic N) is 2. The van der Waals surface area contributed by atoms with Crippen LogP contribution in [0.4, 0.5) is 13.2 Å². The molecule has 0 radical (unpaired) electrons. The van der Waals surface area contributed by atoms with Gasteiger partial charge in [0.1, 0.15) is 0 Å². The van der Waals surface area contributed by atoms with Crippen molar-refractivity contribution in [3.8, 4) is 0 Å². The molecule has 104 valence electrons. The molecule has 4 nitrogen and oxygen atoms in total. The van der Waals surface area contributed by atoms with Gasteiger partial charge in [-0.2, -0.15) is 18.3 Å². The maximum atomic E-state index is 12.2. The molecule has 7 heteroatoms. The molecular weight excluding hydrogens is 245 g/mol. The van der Waals surface area contributed by atoms with E-state index in [1.54, 1.807) is 4.68 Å². The lowest BCUT2D eigenvalue weighted by atomic mass is 10.0. The van der Waals surface area contributed by atoms with Crippen LogP contribution in [0.2, 0.25) is 0 Å². The van der Waals surface area contributed by atoms with Crippen LogP contribution in [0.1, 0.15) is 29.8 Å². The van der Waals surface area contributed by atoms with E-state index in [0.29, 0.717) is 6.42 Å². The summed E-state index contributed by atoms with van der Waals surface area (Å²) in [5.74, 6) is 5.31. The SMILES string of the molecule is Cc1nn(C)c(C)c1CC(CCC(F)(F)F)NN. The van der Waals surface area contributed by atoms with E-state index in [9.17, 15) is 13.2 Å². The van der Waals surface area contributed by atoms with Gasteiger partial charge in [-0.25, -0.2) is 0 Å². The summed E-state index contributed by atoms with van der Waals surface area (Å²) in [6.45, 7) is 3.74. The highest BCUT2D eigenvalue weighted by molar-refractivity contribution is 5.25. The van der Waals surface area contributed by atoms with Gasteiger partial charge >= 0.3 is 6.18 Å². The van der Waals surface area contributed by atoms with Crippen molar-refractivity contribution in [2.24, 2.45) is 12.9 Å². The largest absolute Gasteiger partial charge is 0.389 e. The number of hydrazine groups is 1. The molecule has 1 rings (SSSR count). The molecule has 0 spiro atoms. The van der Waals surface area contributed by atoms with Crippen molar-refractivity contribution in [2.75, 3.05) is 0 Å². The first kappa shape index (κ1) is 15.0. The second kappa shape index (κ2) is 5.71. The standard InChI is InChI=1S/C11H19F3N4/c1-7-10(8(2)18(3)17-7)6-9(16-15)4-5-11(12,13)14/h9,16H,4-6,15H2,1-3H3. The third-order valence-corrected chi connectivity index (χ3v) is 3.12. The van der Waals surface area contributed by atoms with E-state index in [2.05, 4.69) is 10.5 Å². The smallest absolute Gasteiger partial charge is 0.272 e. The molecule has 0 aliphatic heterocycles. The fourth-order valence-electron chi connectivity index (χ4n) is 1.94. The lowest BCUT2D eigenvalue weighted by Crippen LogP contribution is -2.37. The second-order valence-corrected chi connectivity index (χ2v) is 4.49. The monoisotopic (exact) mass is 264 g/mol. The van der Waals surface area contributed by atoms with Crippen molar-refractivity contribution in [3.05, 3.63) is 17.0 Å². The highest BCUT2D eigenvalue weighted by atomic mass is 19.4. The summed E-state index contributed by atoms with van der Waals surface area (Å²) in [4.78, 5) is 0. The number of nitrogens with one attached hydrogen (secondary N) is 1. The molecule has 18 heavy (non-hydrogen) atoms. The summed E-state index contributed by atoms with van der Waals surface area (Å²) in [5.41, 5.74) is 5.20. The van der Waals surface area contributed by atoms with Crippen LogP contribution in [0.5, 0.6) is 0 Å². The van der Waals surface area contributed by atoms with Gasteiger partial charge in [-0.3, -0.25) is 16.0 Å². The van der Waals surface area contributed by atoms with E-state index in [1.807, 2.05) is 20.9 Å². The molecule has 3 N–H and O–H groups in total. The summed E-state index contributed by atoms with van der Waals surface area (Å²) in [7, 11) is 1.81. The minimum absolute atomic E-state index is 0.0340. The molecule has 0 amide bonds. The van der Waals surface area contributed by atoms with E-state index in [4.69, 9.17) is 5.84 Å². The Bertz CT molecular complexity index is 398. The molecule has 0 bridgehead atoms. The second-order valence-electron chi connectivity index (χ2n) is 4.49. The fourth-order valence-corrected chi connectivity index (χ4v) is 1.94. The first-order valence-electron chi connectivity index (χ1n) is 5.76. The van der Waals surface area contributed by atoms with Crippen molar-refractivity contribution in [3.63, 3.8) is 0 Å². The van der Waals surface area contributed by atoms with Gasteiger partial charge in [0.15, 0.2) is 0 Å². The summed E-state index contributed by atoms with van der Waals surface area (Å²) < 4.78 is 38.2. The van der Waals surface area contributed by atoms with Crippen LogP contribution in [0.15, 0.2) is 0 Å². The molecule has 0 fully saturated rings. The van der Waals surface area contributed by atoms with Crippen LogP contribution in [0, 0.1) is 13.8 Å². The Labute approximate surface area is 104 Å². The maximum Gasteiger partial charge on any atom is 0.389 e. The van der Waals surface area contributed by atoms with Crippen LogP contribution in [0.25, 0.3) is 0 Å². The Morgan fingerprint density at radius 1 is 1.39 bits per heavy atom. The van der Waals surface area contributed by atoms with Crippen LogP contribution in [-0.2, 0) is 13.5 Å². The van der Waals surface area contributed by atoms with Crippen LogP contribution >= 0.6 is 0 Å². The number of nitrogens with two attached hydrogens (primary N) is 1. The Balaban J connectivity index is 2.68. The normalized spacial score (nSPS) is 13.9. The van der Waals surface area contributed by atoms with Crippen LogP contribution in [0.3, 0.4) is 0 Å². The Hall–Kier alpha value is -1.08. The van der Waals surface area contributed by atoms with Gasteiger partial charge in [0.2, 0.25) is 0 Å². The molecule has 1 aromatic heterocycles. The minimum atomic E-state index is -4.14. The zero-order chi connectivity index (χ0) is 13.9. The zero-order valence-corrected chi connectivity index (χ0v) is 10.8. The van der Waals surface area contributed by atoms with Gasteiger partial charge in [-0.1, -0.05) is 0 Å². The van der Waals surface area contributed by atoms with Gasteiger partial charge in [0.25, 0.3) is 0 Å². The summed E-state index contributed by atoms with van der Waals surface area (Å²) in [6.07, 6.45) is -4.56. The molecule has 0 saturated heterocycles. The maximum absolute atomic E-state index is 12.2. The minimum Gasteiger partial charge on any atom is -0.272 e. The van der Waals surface area contributed by atoms with E-state index in [-0.39, 0.29) is 6.42 Å².